The van der Waals surface area contributed by atoms with Crippen molar-refractivity contribution >= 4 is 28.8 Å². The summed E-state index contributed by atoms with van der Waals surface area (Å²) >= 11 is 1.90. The maximum atomic E-state index is 11.6. The highest BCUT2D eigenvalue weighted by Gasteiger charge is 2.44. The van der Waals surface area contributed by atoms with Crippen LogP contribution >= 0.6 is 11.8 Å². The maximum Gasteiger partial charge on any atom is 0.337 e. The molecule has 0 aliphatic heterocycles. The van der Waals surface area contributed by atoms with Gasteiger partial charge in [-0.05, 0) is 44.1 Å². The molecule has 0 spiro atoms. The molecule has 21 heavy (non-hydrogen) atoms. The third-order valence-electron chi connectivity index (χ3n) is 4.66. The average molecular weight is 302 g/mol. The largest absolute Gasteiger partial charge is 0.478 e. The Labute approximate surface area is 127 Å². The first kappa shape index (κ1) is 13.2. The van der Waals surface area contributed by atoms with Crippen LogP contribution in [0, 0.1) is 0 Å². The van der Waals surface area contributed by atoms with Crippen LogP contribution in [0.3, 0.4) is 0 Å². The van der Waals surface area contributed by atoms with Crippen molar-refractivity contribution in [3.05, 3.63) is 29.6 Å². The van der Waals surface area contributed by atoms with Crippen molar-refractivity contribution in [2.45, 2.75) is 42.9 Å². The molecule has 2 aliphatic carbocycles. The molecule has 1 aromatic carbocycles. The summed E-state index contributed by atoms with van der Waals surface area (Å²) in [6.07, 6.45) is 6.94. The zero-order valence-corrected chi connectivity index (χ0v) is 12.8. The van der Waals surface area contributed by atoms with Gasteiger partial charge in [0.2, 0.25) is 0 Å². The predicted molar refractivity (Wildman–Crippen MR) is 84.1 cm³/mol. The van der Waals surface area contributed by atoms with E-state index in [0.717, 1.165) is 23.4 Å². The lowest BCUT2D eigenvalue weighted by Gasteiger charge is -2.17. The van der Waals surface area contributed by atoms with E-state index in [2.05, 4.69) is 10.8 Å². The SMILES string of the molecule is CSC1(Cn2c(C3CC3)nc3cccc(C(=O)O)c32)CC1. The fraction of sp³-hybridized carbons (Fsp3) is 0.500. The van der Waals surface area contributed by atoms with Gasteiger partial charge in [0.25, 0.3) is 0 Å². The Bertz CT molecular complexity index is 729. The second-order valence-electron chi connectivity index (χ2n) is 6.20. The molecule has 1 N–H and O–H groups in total. The van der Waals surface area contributed by atoms with Crippen LogP contribution in [-0.4, -0.2) is 31.6 Å². The number of rotatable bonds is 5. The molecule has 0 bridgehead atoms. The number of nitrogens with zero attached hydrogens (tertiary/aromatic N) is 2. The molecule has 0 radical (unpaired) electrons. The number of aromatic carboxylic acids is 1. The number of para-hydroxylation sites is 1. The summed E-state index contributed by atoms with van der Waals surface area (Å²) in [4.78, 5) is 16.3. The van der Waals surface area contributed by atoms with Gasteiger partial charge < -0.3 is 9.67 Å². The summed E-state index contributed by atoms with van der Waals surface area (Å²) in [6.45, 7) is 0.890. The molecule has 1 aromatic heterocycles. The van der Waals surface area contributed by atoms with Crippen LogP contribution in [0.5, 0.6) is 0 Å². The Morgan fingerprint density at radius 1 is 1.48 bits per heavy atom. The molecule has 4 nitrogen and oxygen atoms in total. The highest BCUT2D eigenvalue weighted by atomic mass is 32.2. The lowest BCUT2D eigenvalue weighted by atomic mass is 10.2. The van der Waals surface area contributed by atoms with Gasteiger partial charge in [0.05, 0.1) is 16.6 Å². The van der Waals surface area contributed by atoms with Crippen molar-refractivity contribution in [3.63, 3.8) is 0 Å². The van der Waals surface area contributed by atoms with Crippen molar-refractivity contribution < 1.29 is 9.90 Å². The number of imidazole rings is 1. The number of aromatic nitrogens is 2. The molecule has 4 rings (SSSR count). The van der Waals surface area contributed by atoms with Crippen molar-refractivity contribution in [3.8, 4) is 0 Å². The second kappa shape index (κ2) is 4.50. The van der Waals surface area contributed by atoms with E-state index >= 15 is 0 Å². The Morgan fingerprint density at radius 2 is 2.24 bits per heavy atom. The number of hydrogen-bond acceptors (Lipinski definition) is 3. The van der Waals surface area contributed by atoms with E-state index in [9.17, 15) is 9.90 Å². The highest BCUT2D eigenvalue weighted by molar-refractivity contribution is 8.00. The summed E-state index contributed by atoms with van der Waals surface area (Å²) in [7, 11) is 0. The van der Waals surface area contributed by atoms with Crippen LogP contribution in [0.25, 0.3) is 11.0 Å². The van der Waals surface area contributed by atoms with Crippen LogP contribution in [0.1, 0.15) is 47.8 Å². The molecule has 2 aliphatic rings. The monoisotopic (exact) mass is 302 g/mol. The highest BCUT2D eigenvalue weighted by Crippen LogP contribution is 2.50. The number of hydrogen-bond donors (Lipinski definition) is 1. The normalized spacial score (nSPS) is 19.9. The first-order valence-corrected chi connectivity index (χ1v) is 8.64. The number of carboxylic acid groups (broad SMARTS) is 1. The molecular weight excluding hydrogens is 284 g/mol. The van der Waals surface area contributed by atoms with Crippen molar-refractivity contribution in [1.29, 1.82) is 0 Å². The fourth-order valence-electron chi connectivity index (χ4n) is 3.04. The molecule has 1 heterocycles. The summed E-state index contributed by atoms with van der Waals surface area (Å²) in [5.41, 5.74) is 2.02. The van der Waals surface area contributed by atoms with Gasteiger partial charge in [0.15, 0.2) is 0 Å². The van der Waals surface area contributed by atoms with Gasteiger partial charge in [0, 0.05) is 17.2 Å². The standard InChI is InChI=1S/C16H18N2O2S/c1-21-16(7-8-16)9-18-13-11(15(19)20)3-2-4-12(13)17-14(18)10-5-6-10/h2-4,10H,5-9H2,1H3,(H,19,20). The lowest BCUT2D eigenvalue weighted by Crippen LogP contribution is -2.17. The first-order valence-electron chi connectivity index (χ1n) is 7.41. The molecule has 2 saturated carbocycles. The molecule has 5 heteroatoms. The third kappa shape index (κ3) is 2.14. The summed E-state index contributed by atoms with van der Waals surface area (Å²) in [6, 6.07) is 5.42. The molecule has 2 aromatic rings. The topological polar surface area (TPSA) is 55.1 Å². The predicted octanol–water partition coefficient (Wildman–Crippen LogP) is 3.51. The molecule has 0 atom stereocenters. The van der Waals surface area contributed by atoms with Gasteiger partial charge >= 0.3 is 5.97 Å². The maximum absolute atomic E-state index is 11.6. The Kier molecular flexibility index (Phi) is 2.83. The smallest absolute Gasteiger partial charge is 0.337 e. The zero-order chi connectivity index (χ0) is 14.6. The first-order chi connectivity index (χ1) is 10.1. The fourth-order valence-corrected chi connectivity index (χ4v) is 3.81. The number of thioether (sulfide) groups is 1. The Hall–Kier alpha value is -1.49. The van der Waals surface area contributed by atoms with E-state index in [0.29, 0.717) is 16.2 Å². The van der Waals surface area contributed by atoms with Gasteiger partial charge in [-0.1, -0.05) is 6.07 Å². The van der Waals surface area contributed by atoms with Gasteiger partial charge in [-0.2, -0.15) is 11.8 Å². The molecule has 0 unspecified atom stereocenters. The molecule has 0 amide bonds. The minimum absolute atomic E-state index is 0.295. The van der Waals surface area contributed by atoms with E-state index in [1.54, 1.807) is 12.1 Å². The Balaban J connectivity index is 1.91. The summed E-state index contributed by atoms with van der Waals surface area (Å²) in [5, 5.41) is 9.50. The van der Waals surface area contributed by atoms with Crippen LogP contribution in [0.15, 0.2) is 18.2 Å². The number of benzene rings is 1. The van der Waals surface area contributed by atoms with E-state index in [-0.39, 0.29) is 0 Å². The molecule has 2 fully saturated rings. The van der Waals surface area contributed by atoms with Crippen molar-refractivity contribution in [1.82, 2.24) is 9.55 Å². The van der Waals surface area contributed by atoms with Crippen molar-refractivity contribution in [2.75, 3.05) is 6.26 Å². The summed E-state index contributed by atoms with van der Waals surface area (Å²) < 4.78 is 2.50. The van der Waals surface area contributed by atoms with E-state index in [1.165, 1.54) is 25.7 Å². The summed E-state index contributed by atoms with van der Waals surface area (Å²) in [5.74, 6) is 0.758. The van der Waals surface area contributed by atoms with Gasteiger partial charge in [-0.25, -0.2) is 9.78 Å². The minimum Gasteiger partial charge on any atom is -0.478 e. The lowest BCUT2D eigenvalue weighted by molar-refractivity contribution is 0.0698. The van der Waals surface area contributed by atoms with Crippen LogP contribution in [-0.2, 0) is 6.54 Å². The zero-order valence-electron chi connectivity index (χ0n) is 12.0. The third-order valence-corrected chi connectivity index (χ3v) is 6.06. The number of carbonyl (C=O) groups is 1. The van der Waals surface area contributed by atoms with Crippen LogP contribution in [0.4, 0.5) is 0 Å². The van der Waals surface area contributed by atoms with Gasteiger partial charge in [-0.3, -0.25) is 0 Å². The molecular formula is C16H18N2O2S. The second-order valence-corrected chi connectivity index (χ2v) is 7.47. The minimum atomic E-state index is -0.863. The van der Waals surface area contributed by atoms with E-state index in [4.69, 9.17) is 4.98 Å². The van der Waals surface area contributed by atoms with Crippen molar-refractivity contribution in [2.24, 2.45) is 0 Å². The van der Waals surface area contributed by atoms with Gasteiger partial charge in [-0.15, -0.1) is 0 Å². The van der Waals surface area contributed by atoms with Crippen LogP contribution < -0.4 is 0 Å². The van der Waals surface area contributed by atoms with E-state index in [1.807, 2.05) is 17.8 Å². The number of carboxylic acids is 1. The quantitative estimate of drug-likeness (QED) is 0.918. The van der Waals surface area contributed by atoms with E-state index < -0.39 is 5.97 Å². The number of fused-ring (bicyclic) bond motifs is 1. The Morgan fingerprint density at radius 3 is 2.81 bits per heavy atom. The average Bonchev–Trinajstić information content (AvgIpc) is 3.38. The van der Waals surface area contributed by atoms with Crippen LogP contribution in [0.2, 0.25) is 0 Å². The molecule has 0 saturated heterocycles. The van der Waals surface area contributed by atoms with Gasteiger partial charge in [0.1, 0.15) is 5.82 Å². The molecule has 110 valence electrons.